The molecule has 0 aromatic heterocycles. The second-order valence-electron chi connectivity index (χ2n) is 1.39. The molecule has 0 unspecified atom stereocenters. The van der Waals surface area contributed by atoms with Gasteiger partial charge in [-0.1, -0.05) is 11.2 Å². The van der Waals surface area contributed by atoms with Gasteiger partial charge in [0.05, 0.1) is 6.21 Å². The van der Waals surface area contributed by atoms with Crippen molar-refractivity contribution in [1.29, 1.82) is 0 Å². The number of oxime groups is 1. The molecule has 9 heavy (non-hydrogen) atoms. The zero-order chi connectivity index (χ0) is 6.95. The Morgan fingerprint density at radius 2 is 2.44 bits per heavy atom. The fourth-order valence-electron chi connectivity index (χ4n) is 0.278. The Morgan fingerprint density at radius 3 is 3.00 bits per heavy atom. The van der Waals surface area contributed by atoms with Gasteiger partial charge in [0, 0.05) is 6.54 Å². The maximum atomic E-state index is 5.10. The molecular formula is C6H12N2O. The van der Waals surface area contributed by atoms with Crippen LogP contribution in [0.15, 0.2) is 17.3 Å². The maximum absolute atomic E-state index is 5.10. The summed E-state index contributed by atoms with van der Waals surface area (Å²) in [5.41, 5.74) is 5.10. The smallest absolute Gasteiger partial charge is 0.135 e. The predicted molar refractivity (Wildman–Crippen MR) is 38.3 cm³/mol. The highest BCUT2D eigenvalue weighted by Gasteiger charge is 1.70. The maximum Gasteiger partial charge on any atom is 0.135 e. The molecule has 52 valence electrons. The molecule has 0 amide bonds. The van der Waals surface area contributed by atoms with Crippen LogP contribution >= 0.6 is 0 Å². The third-order valence-corrected chi connectivity index (χ3v) is 0.661. The van der Waals surface area contributed by atoms with Crippen molar-refractivity contribution in [2.24, 2.45) is 10.9 Å². The lowest BCUT2D eigenvalue weighted by Crippen LogP contribution is -1.99. The van der Waals surface area contributed by atoms with Crippen molar-refractivity contribution < 1.29 is 4.84 Å². The van der Waals surface area contributed by atoms with Gasteiger partial charge in [0.1, 0.15) is 6.61 Å². The van der Waals surface area contributed by atoms with Crippen molar-refractivity contribution >= 4 is 6.21 Å². The topological polar surface area (TPSA) is 47.6 Å². The molecule has 0 atom stereocenters. The van der Waals surface area contributed by atoms with Gasteiger partial charge in [0.25, 0.3) is 0 Å². The first-order valence-electron chi connectivity index (χ1n) is 2.86. The van der Waals surface area contributed by atoms with Gasteiger partial charge in [-0.3, -0.25) is 0 Å². The number of hydrogen-bond donors (Lipinski definition) is 1. The van der Waals surface area contributed by atoms with E-state index in [1.54, 1.807) is 0 Å². The van der Waals surface area contributed by atoms with Gasteiger partial charge in [0.2, 0.25) is 0 Å². The molecule has 0 aliphatic carbocycles. The van der Waals surface area contributed by atoms with Gasteiger partial charge in [-0.2, -0.15) is 0 Å². The summed E-state index contributed by atoms with van der Waals surface area (Å²) in [6.45, 7) is 2.87. The van der Waals surface area contributed by atoms with Crippen molar-refractivity contribution in [3.05, 3.63) is 12.2 Å². The van der Waals surface area contributed by atoms with Gasteiger partial charge < -0.3 is 10.6 Å². The number of hydrogen-bond acceptors (Lipinski definition) is 3. The third kappa shape index (κ3) is 7.17. The quantitative estimate of drug-likeness (QED) is 0.260. The van der Waals surface area contributed by atoms with Gasteiger partial charge in [0.15, 0.2) is 0 Å². The molecule has 0 heterocycles. The van der Waals surface area contributed by atoms with Crippen LogP contribution in [0.4, 0.5) is 0 Å². The molecule has 0 saturated carbocycles. The van der Waals surface area contributed by atoms with Crippen LogP contribution in [0, 0.1) is 0 Å². The minimum atomic E-state index is 0.426. The SMILES string of the molecule is CC=CCON=CCN. The zero-order valence-electron chi connectivity index (χ0n) is 5.58. The summed E-state index contributed by atoms with van der Waals surface area (Å²) in [7, 11) is 0. The van der Waals surface area contributed by atoms with Gasteiger partial charge in [-0.05, 0) is 13.0 Å². The summed E-state index contributed by atoms with van der Waals surface area (Å²) in [6.07, 6.45) is 5.29. The molecule has 0 aromatic carbocycles. The van der Waals surface area contributed by atoms with Crippen LogP contribution < -0.4 is 5.73 Å². The number of nitrogens with zero attached hydrogens (tertiary/aromatic N) is 1. The van der Waals surface area contributed by atoms with Crippen LogP contribution in [-0.4, -0.2) is 19.4 Å². The van der Waals surface area contributed by atoms with Gasteiger partial charge in [-0.25, -0.2) is 0 Å². The Bertz CT molecular complexity index is 99.2. The van der Waals surface area contributed by atoms with Crippen molar-refractivity contribution in [3.63, 3.8) is 0 Å². The molecule has 0 aliphatic heterocycles. The molecule has 2 N–H and O–H groups in total. The van der Waals surface area contributed by atoms with E-state index in [0.717, 1.165) is 0 Å². The second kappa shape index (κ2) is 7.17. The van der Waals surface area contributed by atoms with Crippen molar-refractivity contribution in [2.45, 2.75) is 6.92 Å². The summed E-state index contributed by atoms with van der Waals surface area (Å²) in [4.78, 5) is 4.72. The number of rotatable bonds is 4. The molecule has 0 rings (SSSR count). The normalized spacial score (nSPS) is 11.3. The fourth-order valence-corrected chi connectivity index (χ4v) is 0.278. The Labute approximate surface area is 55.2 Å². The Hall–Kier alpha value is -0.830. The van der Waals surface area contributed by atoms with E-state index in [-0.39, 0.29) is 0 Å². The monoisotopic (exact) mass is 128 g/mol. The highest BCUT2D eigenvalue weighted by molar-refractivity contribution is 5.58. The Morgan fingerprint density at radius 1 is 1.67 bits per heavy atom. The lowest BCUT2D eigenvalue weighted by atomic mass is 10.6. The second-order valence-corrected chi connectivity index (χ2v) is 1.39. The van der Waals surface area contributed by atoms with Crippen LogP contribution in [0.2, 0.25) is 0 Å². The summed E-state index contributed by atoms with van der Waals surface area (Å²) >= 11 is 0. The molecule has 0 bridgehead atoms. The summed E-state index contributed by atoms with van der Waals surface area (Å²) < 4.78 is 0. The Kier molecular flexibility index (Phi) is 6.51. The molecule has 0 aliphatic rings. The van der Waals surface area contributed by atoms with Gasteiger partial charge in [-0.15, -0.1) is 0 Å². The first-order valence-corrected chi connectivity index (χ1v) is 2.86. The van der Waals surface area contributed by atoms with Crippen LogP contribution in [0.5, 0.6) is 0 Å². The molecule has 0 saturated heterocycles. The van der Waals surface area contributed by atoms with Crippen LogP contribution in [0.3, 0.4) is 0 Å². The molecule has 0 fully saturated rings. The van der Waals surface area contributed by atoms with Crippen LogP contribution in [-0.2, 0) is 4.84 Å². The lowest BCUT2D eigenvalue weighted by Gasteiger charge is -1.88. The minimum absolute atomic E-state index is 0.426. The highest BCUT2D eigenvalue weighted by Crippen LogP contribution is 1.75. The zero-order valence-corrected chi connectivity index (χ0v) is 5.58. The van der Waals surface area contributed by atoms with Crippen molar-refractivity contribution in [1.82, 2.24) is 0 Å². The average molecular weight is 128 g/mol. The van der Waals surface area contributed by atoms with Crippen LogP contribution in [0.25, 0.3) is 0 Å². The number of allylic oxidation sites excluding steroid dienone is 1. The van der Waals surface area contributed by atoms with Gasteiger partial charge >= 0.3 is 0 Å². The molecule has 3 heteroatoms. The molecule has 0 radical (unpaired) electrons. The standard InChI is InChI=1S/C6H12N2O/c1-2-3-6-9-8-5-4-7/h2-3,5H,4,6-7H2,1H3. The number of nitrogens with two attached hydrogens (primary N) is 1. The van der Waals surface area contributed by atoms with E-state index < -0.39 is 0 Å². The van der Waals surface area contributed by atoms with Crippen molar-refractivity contribution in [3.8, 4) is 0 Å². The summed E-state index contributed by atoms with van der Waals surface area (Å²) in [5.74, 6) is 0. The van der Waals surface area contributed by atoms with Crippen LogP contribution in [0.1, 0.15) is 6.92 Å². The van der Waals surface area contributed by atoms with E-state index in [1.807, 2.05) is 19.1 Å². The van der Waals surface area contributed by atoms with E-state index >= 15 is 0 Å². The van der Waals surface area contributed by atoms with E-state index in [1.165, 1.54) is 6.21 Å². The first kappa shape index (κ1) is 8.17. The van der Waals surface area contributed by atoms with Crippen molar-refractivity contribution in [2.75, 3.05) is 13.2 Å². The van der Waals surface area contributed by atoms with E-state index in [0.29, 0.717) is 13.2 Å². The average Bonchev–Trinajstić information content (AvgIpc) is 1.89. The van der Waals surface area contributed by atoms with E-state index in [9.17, 15) is 0 Å². The third-order valence-electron chi connectivity index (χ3n) is 0.661. The molecular weight excluding hydrogens is 116 g/mol. The molecule has 0 spiro atoms. The summed E-state index contributed by atoms with van der Waals surface area (Å²) in [5, 5.41) is 3.53. The largest absolute Gasteiger partial charge is 0.392 e. The predicted octanol–water partition coefficient (Wildman–Crippen LogP) is 0.524. The Balaban J connectivity index is 2.99. The van der Waals surface area contributed by atoms with E-state index in [2.05, 4.69) is 5.16 Å². The summed E-state index contributed by atoms with van der Waals surface area (Å²) in [6, 6.07) is 0. The van der Waals surface area contributed by atoms with E-state index in [4.69, 9.17) is 10.6 Å². The molecule has 0 aromatic rings. The lowest BCUT2D eigenvalue weighted by molar-refractivity contribution is 0.176. The highest BCUT2D eigenvalue weighted by atomic mass is 16.6. The first-order chi connectivity index (χ1) is 4.41. The molecule has 3 nitrogen and oxygen atoms in total. The fraction of sp³-hybridized carbons (Fsp3) is 0.500. The minimum Gasteiger partial charge on any atom is -0.392 e.